The van der Waals surface area contributed by atoms with Crippen molar-refractivity contribution in [2.24, 2.45) is 0 Å². The van der Waals surface area contributed by atoms with Gasteiger partial charge in [-0.2, -0.15) is 0 Å². The van der Waals surface area contributed by atoms with Gasteiger partial charge < -0.3 is 4.42 Å². The molecule has 3 aromatic rings. The van der Waals surface area contributed by atoms with Gasteiger partial charge in [-0.15, -0.1) is 11.3 Å². The van der Waals surface area contributed by atoms with E-state index in [2.05, 4.69) is 76.1 Å². The van der Waals surface area contributed by atoms with Crippen LogP contribution in [-0.4, -0.2) is 23.0 Å². The van der Waals surface area contributed by atoms with Crippen LogP contribution in [0.1, 0.15) is 92.5 Å². The smallest absolute Gasteiger partial charge is 0.118 e. The number of fused-ring (bicyclic) bond motifs is 1. The van der Waals surface area contributed by atoms with Crippen molar-refractivity contribution >= 4 is 11.3 Å². The Morgan fingerprint density at radius 1 is 1.00 bits per heavy atom. The number of hydrogen-bond donors (Lipinski definition) is 0. The van der Waals surface area contributed by atoms with Crippen LogP contribution in [0.3, 0.4) is 0 Å². The van der Waals surface area contributed by atoms with Gasteiger partial charge in [0.05, 0.1) is 17.2 Å². The summed E-state index contributed by atoms with van der Waals surface area (Å²) in [5.74, 6) is 2.72. The highest BCUT2D eigenvalue weighted by atomic mass is 32.1. The number of thiazole rings is 1. The Bertz CT molecular complexity index is 1120. The normalized spacial score (nSPS) is 20.7. The van der Waals surface area contributed by atoms with E-state index in [0.29, 0.717) is 5.92 Å². The maximum absolute atomic E-state index is 5.90. The lowest BCUT2D eigenvalue weighted by Crippen LogP contribution is -2.33. The van der Waals surface area contributed by atoms with E-state index in [1.54, 1.807) is 0 Å². The van der Waals surface area contributed by atoms with Crippen molar-refractivity contribution in [1.29, 1.82) is 0 Å². The summed E-state index contributed by atoms with van der Waals surface area (Å²) in [6.07, 6.45) is 4.85. The van der Waals surface area contributed by atoms with Crippen molar-refractivity contribution in [2.75, 3.05) is 13.1 Å². The first-order valence-corrected chi connectivity index (χ1v) is 13.4. The number of benzene rings is 1. The highest BCUT2D eigenvalue weighted by molar-refractivity contribution is 7.10. The second-order valence-corrected chi connectivity index (χ2v) is 12.5. The van der Waals surface area contributed by atoms with Gasteiger partial charge in [-0.1, -0.05) is 39.8 Å². The molecule has 0 N–H and O–H groups in total. The minimum absolute atomic E-state index is 0.234. The van der Waals surface area contributed by atoms with Crippen LogP contribution in [0.2, 0.25) is 0 Å². The van der Waals surface area contributed by atoms with Gasteiger partial charge in [0, 0.05) is 16.9 Å². The van der Waals surface area contributed by atoms with Crippen LogP contribution in [0.4, 0.5) is 0 Å². The van der Waals surface area contributed by atoms with Crippen molar-refractivity contribution in [3.63, 3.8) is 0 Å². The summed E-state index contributed by atoms with van der Waals surface area (Å²) >= 11 is 1.85. The zero-order chi connectivity index (χ0) is 23.4. The third kappa shape index (κ3) is 4.44. The summed E-state index contributed by atoms with van der Waals surface area (Å²) in [6, 6.07) is 9.30. The lowest BCUT2D eigenvalue weighted by molar-refractivity contribution is 0.190. The van der Waals surface area contributed by atoms with Crippen LogP contribution in [0.15, 0.2) is 34.1 Å². The Labute approximate surface area is 203 Å². The molecule has 4 heteroatoms. The molecule has 0 bridgehead atoms. The maximum Gasteiger partial charge on any atom is 0.118 e. The summed E-state index contributed by atoms with van der Waals surface area (Å²) in [6.45, 7) is 16.9. The van der Waals surface area contributed by atoms with Crippen LogP contribution in [0.25, 0.3) is 11.3 Å². The van der Waals surface area contributed by atoms with Crippen molar-refractivity contribution in [3.8, 4) is 11.3 Å². The zero-order valence-electron chi connectivity index (χ0n) is 21.1. The highest BCUT2D eigenvalue weighted by Crippen LogP contribution is 2.47. The molecule has 1 aromatic carbocycles. The van der Waals surface area contributed by atoms with Gasteiger partial charge in [0.1, 0.15) is 11.5 Å². The molecule has 33 heavy (non-hydrogen) atoms. The minimum Gasteiger partial charge on any atom is -0.465 e. The Hall–Kier alpha value is -1.91. The second-order valence-electron chi connectivity index (χ2n) is 11.6. The molecular weight excluding hydrogens is 424 g/mol. The quantitative estimate of drug-likeness (QED) is 0.397. The largest absolute Gasteiger partial charge is 0.465 e. The van der Waals surface area contributed by atoms with Gasteiger partial charge in [-0.25, -0.2) is 4.98 Å². The standard InChI is InChI=1S/C29H38N2OS/c1-19-15-23(32-20(19)2)17-31-13-9-21(10-14-31)27-30-26(18-33-27)22-7-8-24-25(16-22)29(5,6)12-11-28(24,3)4/h7-8,15-16,18,21H,9-14,17H2,1-6H3. The van der Waals surface area contributed by atoms with Gasteiger partial charge in [-0.3, -0.25) is 4.90 Å². The lowest BCUT2D eigenvalue weighted by Gasteiger charge is -2.42. The molecule has 1 saturated heterocycles. The molecule has 0 radical (unpaired) electrons. The summed E-state index contributed by atoms with van der Waals surface area (Å²) in [7, 11) is 0. The molecule has 0 unspecified atom stereocenters. The Morgan fingerprint density at radius 3 is 2.36 bits per heavy atom. The highest BCUT2D eigenvalue weighted by Gasteiger charge is 2.37. The van der Waals surface area contributed by atoms with E-state index in [1.807, 2.05) is 11.3 Å². The summed E-state index contributed by atoms with van der Waals surface area (Å²) < 4.78 is 5.90. The number of aromatic nitrogens is 1. The first kappa shape index (κ1) is 22.9. The summed E-state index contributed by atoms with van der Waals surface area (Å²) in [5, 5.41) is 3.59. The van der Waals surface area contributed by atoms with Crippen LogP contribution in [0, 0.1) is 13.8 Å². The third-order valence-electron chi connectivity index (χ3n) is 8.20. The van der Waals surface area contributed by atoms with Crippen molar-refractivity contribution in [3.05, 3.63) is 62.9 Å². The molecule has 0 saturated carbocycles. The van der Waals surface area contributed by atoms with E-state index in [9.17, 15) is 0 Å². The van der Waals surface area contributed by atoms with E-state index >= 15 is 0 Å². The van der Waals surface area contributed by atoms with Gasteiger partial charge in [0.2, 0.25) is 0 Å². The van der Waals surface area contributed by atoms with Crippen LogP contribution < -0.4 is 0 Å². The monoisotopic (exact) mass is 462 g/mol. The Kier molecular flexibility index (Phi) is 5.81. The molecule has 1 aliphatic heterocycles. The summed E-state index contributed by atoms with van der Waals surface area (Å²) in [4.78, 5) is 7.67. The predicted molar refractivity (Wildman–Crippen MR) is 138 cm³/mol. The van der Waals surface area contributed by atoms with Crippen molar-refractivity contribution < 1.29 is 4.42 Å². The van der Waals surface area contributed by atoms with E-state index in [-0.39, 0.29) is 10.8 Å². The fraction of sp³-hybridized carbons (Fsp3) is 0.552. The number of furan rings is 1. The molecule has 2 aromatic heterocycles. The van der Waals surface area contributed by atoms with Crippen LogP contribution in [0.5, 0.6) is 0 Å². The fourth-order valence-electron chi connectivity index (χ4n) is 5.64. The number of rotatable bonds is 4. The van der Waals surface area contributed by atoms with Crippen molar-refractivity contribution in [2.45, 2.75) is 90.5 Å². The molecule has 3 nitrogen and oxygen atoms in total. The average Bonchev–Trinajstić information content (AvgIpc) is 3.39. The molecular formula is C29H38N2OS. The third-order valence-corrected chi connectivity index (χ3v) is 9.21. The van der Waals surface area contributed by atoms with E-state index in [0.717, 1.165) is 36.8 Å². The average molecular weight is 463 g/mol. The van der Waals surface area contributed by atoms with Crippen molar-refractivity contribution in [1.82, 2.24) is 9.88 Å². The molecule has 0 atom stereocenters. The number of nitrogens with zero attached hydrogens (tertiary/aromatic N) is 2. The number of piperidine rings is 1. The fourth-order valence-corrected chi connectivity index (χ4v) is 6.64. The minimum atomic E-state index is 0.234. The number of aryl methyl sites for hydroxylation is 2. The Balaban J connectivity index is 1.28. The van der Waals surface area contributed by atoms with E-state index in [4.69, 9.17) is 9.40 Å². The maximum atomic E-state index is 5.90. The van der Waals surface area contributed by atoms with Crippen LogP contribution >= 0.6 is 11.3 Å². The molecule has 3 heterocycles. The first-order chi connectivity index (χ1) is 15.6. The predicted octanol–water partition coefficient (Wildman–Crippen LogP) is 7.75. The molecule has 1 fully saturated rings. The molecule has 176 valence electrons. The van der Waals surface area contributed by atoms with Gasteiger partial charge in [0.25, 0.3) is 0 Å². The van der Waals surface area contributed by atoms with Gasteiger partial charge in [-0.05, 0) is 92.3 Å². The molecule has 2 aliphatic rings. The number of likely N-dealkylation sites (tertiary alicyclic amines) is 1. The van der Waals surface area contributed by atoms with Gasteiger partial charge in [0.15, 0.2) is 0 Å². The van der Waals surface area contributed by atoms with Crippen LogP contribution in [-0.2, 0) is 17.4 Å². The first-order valence-electron chi connectivity index (χ1n) is 12.5. The van der Waals surface area contributed by atoms with E-state index < -0.39 is 0 Å². The molecule has 1 aliphatic carbocycles. The molecule has 5 rings (SSSR count). The van der Waals surface area contributed by atoms with E-state index in [1.165, 1.54) is 52.9 Å². The topological polar surface area (TPSA) is 29.3 Å². The summed E-state index contributed by atoms with van der Waals surface area (Å²) in [5.41, 5.74) is 7.22. The lowest BCUT2D eigenvalue weighted by atomic mass is 9.63. The molecule has 0 amide bonds. The second kappa shape index (κ2) is 8.39. The zero-order valence-corrected chi connectivity index (χ0v) is 21.9. The Morgan fingerprint density at radius 2 is 1.70 bits per heavy atom. The molecule has 0 spiro atoms. The SMILES string of the molecule is Cc1cc(CN2CCC(c3nc(-c4ccc5c(c4)C(C)(C)CCC5(C)C)cs3)CC2)oc1C. The van der Waals surface area contributed by atoms with Gasteiger partial charge >= 0.3 is 0 Å². The number of hydrogen-bond acceptors (Lipinski definition) is 4.